The summed E-state index contributed by atoms with van der Waals surface area (Å²) in [6.07, 6.45) is 0. The van der Waals surface area contributed by atoms with Crippen LogP contribution in [0, 0.1) is 0 Å². The molecule has 2 heteroatoms. The lowest BCUT2D eigenvalue weighted by Gasteiger charge is -2.18. The Balaban J connectivity index is 0.00000147. The molecule has 0 bridgehead atoms. The highest BCUT2D eigenvalue weighted by Crippen LogP contribution is 2.32. The van der Waals surface area contributed by atoms with E-state index in [9.17, 15) is 0 Å². The van der Waals surface area contributed by atoms with Gasteiger partial charge in [0.15, 0.2) is 0 Å². The second-order valence-corrected chi connectivity index (χ2v) is 6.56. The van der Waals surface area contributed by atoms with E-state index in [1.165, 1.54) is 15.9 Å². The summed E-state index contributed by atoms with van der Waals surface area (Å²) in [7, 11) is -0.446. The first-order valence-electron chi connectivity index (χ1n) is 6.40. The molecule has 0 spiro atoms. The largest absolute Gasteiger partial charge is 0.153 e. The first-order valence-corrected chi connectivity index (χ1v) is 7.74. The van der Waals surface area contributed by atoms with E-state index in [1.807, 2.05) is 0 Å². The van der Waals surface area contributed by atoms with Gasteiger partial charge in [-0.1, -0.05) is 91.0 Å². The monoisotopic (exact) mass is 296 g/mol. The summed E-state index contributed by atoms with van der Waals surface area (Å²) in [5.41, 5.74) is 0. The van der Waals surface area contributed by atoms with Crippen molar-refractivity contribution in [3.05, 3.63) is 91.0 Å². The van der Waals surface area contributed by atoms with Crippen LogP contribution in [0.5, 0.6) is 0 Å². The SMILES string of the molecule is P.c1ccc(P(c2ccccc2)c2ccccc2)cc1. The van der Waals surface area contributed by atoms with Gasteiger partial charge in [0.2, 0.25) is 0 Å². The van der Waals surface area contributed by atoms with Crippen molar-refractivity contribution in [3.8, 4) is 0 Å². The van der Waals surface area contributed by atoms with Crippen LogP contribution in [0.25, 0.3) is 0 Å². The van der Waals surface area contributed by atoms with E-state index < -0.39 is 7.92 Å². The smallest absolute Gasteiger partial charge is 0.0134 e. The normalized spacial score (nSPS) is 10.1. The number of rotatable bonds is 3. The van der Waals surface area contributed by atoms with Gasteiger partial charge in [-0.3, -0.25) is 0 Å². The molecule has 0 N–H and O–H groups in total. The minimum Gasteiger partial charge on any atom is -0.153 e. The summed E-state index contributed by atoms with van der Waals surface area (Å²) in [4.78, 5) is 0. The molecule has 1 unspecified atom stereocenters. The average Bonchev–Trinajstić information content (AvgIpc) is 2.51. The summed E-state index contributed by atoms with van der Waals surface area (Å²) >= 11 is 0. The van der Waals surface area contributed by atoms with E-state index in [0.717, 1.165) is 0 Å². The molecule has 0 saturated heterocycles. The zero-order chi connectivity index (χ0) is 12.9. The third kappa shape index (κ3) is 3.34. The van der Waals surface area contributed by atoms with Gasteiger partial charge in [-0.2, -0.15) is 9.90 Å². The predicted molar refractivity (Wildman–Crippen MR) is 96.3 cm³/mol. The van der Waals surface area contributed by atoms with E-state index in [-0.39, 0.29) is 9.90 Å². The second kappa shape index (κ2) is 7.34. The van der Waals surface area contributed by atoms with Crippen molar-refractivity contribution in [1.29, 1.82) is 0 Å². The lowest BCUT2D eigenvalue weighted by Crippen LogP contribution is -2.20. The molecule has 0 amide bonds. The first kappa shape index (κ1) is 14.9. The standard InChI is InChI=1S/C18H15P.H3P/c1-4-10-16(11-5-1)19(17-12-6-2-7-13-17)18-14-8-3-9-15-18;/h1-15H;1H3. The van der Waals surface area contributed by atoms with Crippen molar-refractivity contribution in [1.82, 2.24) is 0 Å². The van der Waals surface area contributed by atoms with Gasteiger partial charge in [0.05, 0.1) is 0 Å². The summed E-state index contributed by atoms with van der Waals surface area (Å²) in [6.45, 7) is 0. The maximum atomic E-state index is 2.23. The Morgan fingerprint density at radius 1 is 0.400 bits per heavy atom. The fraction of sp³-hybridized carbons (Fsp3) is 0. The van der Waals surface area contributed by atoms with Crippen LogP contribution in [0.4, 0.5) is 0 Å². The number of benzene rings is 3. The van der Waals surface area contributed by atoms with Crippen molar-refractivity contribution < 1.29 is 0 Å². The van der Waals surface area contributed by atoms with E-state index >= 15 is 0 Å². The highest BCUT2D eigenvalue weighted by Gasteiger charge is 2.14. The van der Waals surface area contributed by atoms with Crippen molar-refractivity contribution in [2.75, 3.05) is 0 Å². The molecule has 0 saturated carbocycles. The predicted octanol–water partition coefficient (Wildman–Crippen LogP) is 3.50. The molecule has 3 rings (SSSR count). The van der Waals surface area contributed by atoms with Crippen LogP contribution in [-0.2, 0) is 0 Å². The molecule has 0 aromatic heterocycles. The molecule has 0 aliphatic heterocycles. The highest BCUT2D eigenvalue weighted by atomic mass is 31.1. The molecular formula is C18H18P2. The molecule has 0 nitrogen and oxygen atoms in total. The van der Waals surface area contributed by atoms with Crippen LogP contribution in [0.15, 0.2) is 91.0 Å². The zero-order valence-electron chi connectivity index (χ0n) is 11.3. The molecule has 0 fully saturated rings. The second-order valence-electron chi connectivity index (χ2n) is 4.34. The van der Waals surface area contributed by atoms with Crippen LogP contribution in [0.1, 0.15) is 0 Å². The van der Waals surface area contributed by atoms with Gasteiger partial charge in [0.25, 0.3) is 0 Å². The fourth-order valence-corrected chi connectivity index (χ4v) is 4.48. The Labute approximate surface area is 125 Å². The van der Waals surface area contributed by atoms with E-state index in [0.29, 0.717) is 0 Å². The Morgan fingerprint density at radius 3 is 0.900 bits per heavy atom. The maximum absolute atomic E-state index is 2.23. The van der Waals surface area contributed by atoms with E-state index in [4.69, 9.17) is 0 Å². The molecule has 0 heterocycles. The summed E-state index contributed by atoms with van der Waals surface area (Å²) in [6, 6.07) is 32.3. The van der Waals surface area contributed by atoms with Crippen LogP contribution in [0.2, 0.25) is 0 Å². The van der Waals surface area contributed by atoms with Crippen LogP contribution >= 0.6 is 17.8 Å². The Morgan fingerprint density at radius 2 is 0.650 bits per heavy atom. The highest BCUT2D eigenvalue weighted by molar-refractivity contribution is 7.79. The van der Waals surface area contributed by atoms with Crippen molar-refractivity contribution in [3.63, 3.8) is 0 Å². The Hall–Kier alpha value is -1.48. The van der Waals surface area contributed by atoms with Crippen LogP contribution in [-0.4, -0.2) is 0 Å². The topological polar surface area (TPSA) is 0 Å². The van der Waals surface area contributed by atoms with Gasteiger partial charge < -0.3 is 0 Å². The summed E-state index contributed by atoms with van der Waals surface area (Å²) in [5.74, 6) is 0. The summed E-state index contributed by atoms with van der Waals surface area (Å²) < 4.78 is 0. The minimum atomic E-state index is -0.446. The van der Waals surface area contributed by atoms with Gasteiger partial charge >= 0.3 is 0 Å². The number of hydrogen-bond acceptors (Lipinski definition) is 0. The van der Waals surface area contributed by atoms with Crippen molar-refractivity contribution >= 4 is 33.7 Å². The van der Waals surface area contributed by atoms with Crippen molar-refractivity contribution in [2.24, 2.45) is 0 Å². The third-order valence-corrected chi connectivity index (χ3v) is 5.49. The summed E-state index contributed by atoms with van der Waals surface area (Å²) in [5, 5.41) is 4.19. The molecule has 0 aliphatic carbocycles. The molecule has 100 valence electrons. The van der Waals surface area contributed by atoms with Crippen LogP contribution < -0.4 is 15.9 Å². The zero-order valence-corrected chi connectivity index (χ0v) is 13.6. The van der Waals surface area contributed by atoms with E-state index in [1.54, 1.807) is 0 Å². The maximum Gasteiger partial charge on any atom is -0.0134 e. The minimum absolute atomic E-state index is 0. The average molecular weight is 296 g/mol. The van der Waals surface area contributed by atoms with Crippen molar-refractivity contribution in [2.45, 2.75) is 0 Å². The van der Waals surface area contributed by atoms with Gasteiger partial charge in [-0.05, 0) is 23.8 Å². The molecule has 0 radical (unpaired) electrons. The van der Waals surface area contributed by atoms with Gasteiger partial charge in [0, 0.05) is 0 Å². The van der Waals surface area contributed by atoms with Gasteiger partial charge in [-0.25, -0.2) is 0 Å². The van der Waals surface area contributed by atoms with Gasteiger partial charge in [-0.15, -0.1) is 0 Å². The lowest BCUT2D eigenvalue weighted by atomic mass is 10.4. The molecule has 3 aromatic rings. The van der Waals surface area contributed by atoms with Crippen LogP contribution in [0.3, 0.4) is 0 Å². The third-order valence-electron chi connectivity index (χ3n) is 3.04. The molecule has 3 aromatic carbocycles. The molecule has 1 atom stereocenters. The van der Waals surface area contributed by atoms with Gasteiger partial charge in [0.1, 0.15) is 0 Å². The lowest BCUT2D eigenvalue weighted by molar-refractivity contribution is 1.74. The molecule has 20 heavy (non-hydrogen) atoms. The first-order chi connectivity index (χ1) is 9.45. The van der Waals surface area contributed by atoms with E-state index in [2.05, 4.69) is 91.0 Å². The number of hydrogen-bond donors (Lipinski definition) is 0. The Bertz CT molecular complexity index is 527. The Kier molecular flexibility index (Phi) is 5.48. The fourth-order valence-electron chi connectivity index (χ4n) is 2.18. The molecular weight excluding hydrogens is 278 g/mol. The quantitative estimate of drug-likeness (QED) is 0.649. The molecule has 0 aliphatic rings.